The Morgan fingerprint density at radius 1 is 1.52 bits per heavy atom. The summed E-state index contributed by atoms with van der Waals surface area (Å²) in [6.07, 6.45) is 1.06. The molecule has 0 bridgehead atoms. The number of aliphatic hydroxyl groups is 1. The van der Waals surface area contributed by atoms with E-state index in [1.54, 1.807) is 13.0 Å². The maximum Gasteiger partial charge on any atom is 0.309 e. The van der Waals surface area contributed by atoms with Crippen molar-refractivity contribution >= 4 is 11.9 Å². The molecule has 2 fully saturated rings. The van der Waals surface area contributed by atoms with E-state index in [0.29, 0.717) is 12.0 Å². The summed E-state index contributed by atoms with van der Waals surface area (Å²) < 4.78 is 10.8. The third kappa shape index (κ3) is 2.51. The predicted molar refractivity (Wildman–Crippen MR) is 85.3 cm³/mol. The number of fused-ring (bicyclic) bond motifs is 1. The summed E-state index contributed by atoms with van der Waals surface area (Å²) in [4.78, 5) is 23.2. The Bertz CT molecular complexity index is 554. The van der Waals surface area contributed by atoms with Gasteiger partial charge in [-0.1, -0.05) is 33.4 Å². The molecule has 1 aliphatic carbocycles. The van der Waals surface area contributed by atoms with Gasteiger partial charge in [-0.2, -0.15) is 0 Å². The van der Waals surface area contributed by atoms with Gasteiger partial charge in [-0.15, -0.1) is 6.58 Å². The molecule has 6 atom stereocenters. The van der Waals surface area contributed by atoms with Gasteiger partial charge in [0, 0.05) is 23.7 Å². The van der Waals surface area contributed by atoms with Gasteiger partial charge in [-0.05, 0) is 12.0 Å². The fraction of sp³-hybridized carbons (Fsp3) is 0.667. The van der Waals surface area contributed by atoms with Crippen LogP contribution in [0, 0.1) is 22.7 Å². The molecule has 2 rings (SSSR count). The summed E-state index contributed by atoms with van der Waals surface area (Å²) in [5.74, 6) is -1.36. The molecule has 2 aliphatic rings. The van der Waals surface area contributed by atoms with Crippen LogP contribution in [-0.2, 0) is 19.1 Å². The molecule has 0 radical (unpaired) electrons. The highest BCUT2D eigenvalue weighted by Crippen LogP contribution is 2.60. The quantitative estimate of drug-likeness (QED) is 0.635. The average Bonchev–Trinajstić information content (AvgIpc) is 2.78. The number of ether oxygens (including phenoxy) is 2. The van der Waals surface area contributed by atoms with E-state index in [0.717, 1.165) is 0 Å². The minimum Gasteiger partial charge on any atom is -0.461 e. The summed E-state index contributed by atoms with van der Waals surface area (Å²) in [5.41, 5.74) is -0.539. The molecule has 128 valence electrons. The second kappa shape index (κ2) is 5.78. The van der Waals surface area contributed by atoms with E-state index in [9.17, 15) is 14.7 Å². The molecule has 1 aliphatic heterocycles. The van der Waals surface area contributed by atoms with Crippen LogP contribution in [0.15, 0.2) is 24.8 Å². The minimum absolute atomic E-state index is 0.0561. The van der Waals surface area contributed by atoms with Crippen LogP contribution in [0.2, 0.25) is 0 Å². The number of rotatable bonds is 4. The van der Waals surface area contributed by atoms with Gasteiger partial charge in [-0.25, -0.2) is 0 Å². The molecule has 0 aromatic heterocycles. The van der Waals surface area contributed by atoms with E-state index in [-0.39, 0.29) is 30.4 Å². The lowest BCUT2D eigenvalue weighted by Crippen LogP contribution is -2.58. The lowest BCUT2D eigenvalue weighted by atomic mass is 9.50. The molecule has 0 spiro atoms. The van der Waals surface area contributed by atoms with Crippen LogP contribution in [-0.4, -0.2) is 35.9 Å². The smallest absolute Gasteiger partial charge is 0.309 e. The number of carbonyl (C=O) groups excluding carboxylic acids is 2. The zero-order valence-electron chi connectivity index (χ0n) is 14.3. The Morgan fingerprint density at radius 2 is 2.13 bits per heavy atom. The molecule has 5 heteroatoms. The first-order valence-electron chi connectivity index (χ1n) is 7.92. The van der Waals surface area contributed by atoms with Gasteiger partial charge in [-0.3, -0.25) is 9.59 Å². The van der Waals surface area contributed by atoms with Crippen LogP contribution in [0.5, 0.6) is 0 Å². The second-order valence-electron chi connectivity index (χ2n) is 7.20. The molecule has 0 aromatic rings. The number of hydrogen-bond acceptors (Lipinski definition) is 5. The fourth-order valence-electron chi connectivity index (χ4n) is 4.11. The van der Waals surface area contributed by atoms with Crippen LogP contribution in [0.25, 0.3) is 0 Å². The number of allylic oxidation sites excluding steroid dienone is 1. The zero-order valence-corrected chi connectivity index (χ0v) is 14.3. The number of carbonyl (C=O) groups is 2. The fourth-order valence-corrected chi connectivity index (χ4v) is 4.11. The van der Waals surface area contributed by atoms with Gasteiger partial charge in [0.2, 0.25) is 0 Å². The van der Waals surface area contributed by atoms with Gasteiger partial charge >= 0.3 is 11.9 Å². The van der Waals surface area contributed by atoms with Crippen molar-refractivity contribution in [1.29, 1.82) is 0 Å². The topological polar surface area (TPSA) is 72.8 Å². The molecule has 5 nitrogen and oxygen atoms in total. The summed E-state index contributed by atoms with van der Waals surface area (Å²) in [5, 5.41) is 10.6. The number of hydrogen-bond donors (Lipinski definition) is 1. The van der Waals surface area contributed by atoms with Gasteiger partial charge in [0.05, 0.1) is 12.0 Å². The monoisotopic (exact) mass is 322 g/mol. The standard InChI is InChI=1S/C18H26O5/c1-7-17(5)8-13(20)14-11(3)16(21)23-15(14)18(17,6)10(2)9-22-12(4)19/h7,11,13-15,20H,1-2,8-9H2,3-6H3/t11-,13-,14+,15-,17+,18+/m0/s1. The maximum atomic E-state index is 12.1. The molecule has 0 amide bonds. The highest BCUT2D eigenvalue weighted by Gasteiger charge is 2.64. The van der Waals surface area contributed by atoms with E-state index in [2.05, 4.69) is 13.2 Å². The summed E-state index contributed by atoms with van der Waals surface area (Å²) in [6.45, 7) is 15.1. The number of esters is 2. The Hall–Kier alpha value is -1.62. The third-order valence-electron chi connectivity index (χ3n) is 6.01. The van der Waals surface area contributed by atoms with Crippen molar-refractivity contribution < 1.29 is 24.2 Å². The lowest BCUT2D eigenvalue weighted by Gasteiger charge is -2.55. The minimum atomic E-state index is -0.672. The van der Waals surface area contributed by atoms with E-state index in [1.807, 2.05) is 13.8 Å². The first-order valence-corrected chi connectivity index (χ1v) is 7.92. The molecule has 1 saturated carbocycles. The van der Waals surface area contributed by atoms with E-state index >= 15 is 0 Å². The maximum absolute atomic E-state index is 12.1. The van der Waals surface area contributed by atoms with Crippen molar-refractivity contribution in [3.63, 3.8) is 0 Å². The molecular weight excluding hydrogens is 296 g/mol. The molecular formula is C18H26O5. The normalized spacial score (nSPS) is 42.6. The predicted octanol–water partition coefficient (Wildman–Crippen LogP) is 2.25. The van der Waals surface area contributed by atoms with Crippen LogP contribution < -0.4 is 0 Å². The Morgan fingerprint density at radius 3 is 2.65 bits per heavy atom. The highest BCUT2D eigenvalue weighted by atomic mass is 16.6. The van der Waals surface area contributed by atoms with Crippen molar-refractivity contribution in [2.24, 2.45) is 22.7 Å². The van der Waals surface area contributed by atoms with Crippen molar-refractivity contribution in [1.82, 2.24) is 0 Å². The van der Waals surface area contributed by atoms with Crippen LogP contribution in [0.4, 0.5) is 0 Å². The molecule has 1 saturated heterocycles. The van der Waals surface area contributed by atoms with Crippen LogP contribution in [0.3, 0.4) is 0 Å². The molecule has 0 aromatic carbocycles. The summed E-state index contributed by atoms with van der Waals surface area (Å²) >= 11 is 0. The average molecular weight is 322 g/mol. The summed E-state index contributed by atoms with van der Waals surface area (Å²) in [6, 6.07) is 0. The summed E-state index contributed by atoms with van der Waals surface area (Å²) in [7, 11) is 0. The lowest BCUT2D eigenvalue weighted by molar-refractivity contribution is -0.159. The van der Waals surface area contributed by atoms with E-state index < -0.39 is 23.0 Å². The van der Waals surface area contributed by atoms with E-state index in [4.69, 9.17) is 9.47 Å². The highest BCUT2D eigenvalue weighted by molar-refractivity contribution is 5.75. The van der Waals surface area contributed by atoms with Crippen molar-refractivity contribution in [3.05, 3.63) is 24.8 Å². The first kappa shape index (κ1) is 17.7. The molecule has 1 N–H and O–H groups in total. The van der Waals surface area contributed by atoms with Crippen molar-refractivity contribution in [3.8, 4) is 0 Å². The first-order chi connectivity index (χ1) is 10.6. The Labute approximate surface area is 137 Å². The molecule has 23 heavy (non-hydrogen) atoms. The van der Waals surface area contributed by atoms with Crippen LogP contribution >= 0.6 is 0 Å². The second-order valence-corrected chi connectivity index (χ2v) is 7.20. The van der Waals surface area contributed by atoms with Crippen LogP contribution in [0.1, 0.15) is 34.1 Å². The van der Waals surface area contributed by atoms with Gasteiger partial charge in [0.25, 0.3) is 0 Å². The van der Waals surface area contributed by atoms with Crippen molar-refractivity contribution in [2.45, 2.75) is 46.3 Å². The molecule has 0 unspecified atom stereocenters. The van der Waals surface area contributed by atoms with Gasteiger partial charge in [0.15, 0.2) is 0 Å². The number of aliphatic hydroxyl groups excluding tert-OH is 1. The third-order valence-corrected chi connectivity index (χ3v) is 6.01. The SMILES string of the molecule is C=C[C@]1(C)C[C@H](O)[C@H]2[C@H](C)C(=O)O[C@@H]2[C@@]1(C)C(=C)COC(C)=O. The molecule has 1 heterocycles. The van der Waals surface area contributed by atoms with Gasteiger partial charge in [0.1, 0.15) is 12.7 Å². The zero-order chi connectivity index (χ0) is 17.6. The van der Waals surface area contributed by atoms with E-state index in [1.165, 1.54) is 6.92 Å². The largest absolute Gasteiger partial charge is 0.461 e. The Kier molecular flexibility index (Phi) is 4.46. The van der Waals surface area contributed by atoms with Crippen molar-refractivity contribution in [2.75, 3.05) is 6.61 Å². The van der Waals surface area contributed by atoms with Gasteiger partial charge < -0.3 is 14.6 Å². The Balaban J connectivity index is 2.46.